The van der Waals surface area contributed by atoms with Crippen LogP contribution >= 0.6 is 23.2 Å². The van der Waals surface area contributed by atoms with E-state index in [1.165, 1.54) is 4.90 Å². The third-order valence-corrected chi connectivity index (χ3v) is 8.64. The number of benzene rings is 3. The minimum Gasteiger partial charge on any atom is -0.352 e. The Morgan fingerprint density at radius 2 is 1.66 bits per heavy atom. The summed E-state index contributed by atoms with van der Waals surface area (Å²) in [4.78, 5) is 29.4. The maximum absolute atomic E-state index is 14.2. The number of rotatable bonds is 12. The smallest absolute Gasteiger partial charge is 0.244 e. The van der Waals surface area contributed by atoms with Crippen molar-refractivity contribution < 1.29 is 18.0 Å². The van der Waals surface area contributed by atoms with Crippen molar-refractivity contribution in [3.8, 4) is 0 Å². The third-order valence-electron chi connectivity index (χ3n) is 6.93. The van der Waals surface area contributed by atoms with Gasteiger partial charge in [0.15, 0.2) is 0 Å². The first-order chi connectivity index (χ1) is 19.3. The molecule has 2 amide bonds. The van der Waals surface area contributed by atoms with Gasteiger partial charge in [-0.25, -0.2) is 8.42 Å². The third kappa shape index (κ3) is 8.96. The Labute approximate surface area is 253 Å². The highest BCUT2D eigenvalue weighted by molar-refractivity contribution is 7.92. The molecule has 7 nitrogen and oxygen atoms in total. The Kier molecular flexibility index (Phi) is 11.2. The lowest BCUT2D eigenvalue weighted by Gasteiger charge is -2.34. The maximum atomic E-state index is 14.2. The van der Waals surface area contributed by atoms with Crippen molar-refractivity contribution in [1.82, 2.24) is 10.2 Å². The number of aryl methyl sites for hydroxylation is 2. The van der Waals surface area contributed by atoms with Crippen molar-refractivity contribution in [3.63, 3.8) is 0 Å². The van der Waals surface area contributed by atoms with Gasteiger partial charge in [0.2, 0.25) is 21.8 Å². The zero-order valence-electron chi connectivity index (χ0n) is 24.0. The van der Waals surface area contributed by atoms with Gasteiger partial charge in [-0.05, 0) is 62.1 Å². The van der Waals surface area contributed by atoms with Gasteiger partial charge in [0.1, 0.15) is 12.6 Å². The summed E-state index contributed by atoms with van der Waals surface area (Å²) in [6.45, 7) is 7.05. The van der Waals surface area contributed by atoms with Crippen LogP contribution in [0.1, 0.15) is 42.5 Å². The maximum Gasteiger partial charge on any atom is 0.244 e. The number of hydrogen-bond acceptors (Lipinski definition) is 4. The zero-order valence-corrected chi connectivity index (χ0v) is 26.4. The molecule has 0 spiro atoms. The first-order valence-corrected chi connectivity index (χ1v) is 16.0. The Morgan fingerprint density at radius 1 is 0.976 bits per heavy atom. The number of amides is 2. The van der Waals surface area contributed by atoms with Gasteiger partial charge in [-0.1, -0.05) is 84.2 Å². The Morgan fingerprint density at radius 3 is 2.24 bits per heavy atom. The molecule has 0 saturated carbocycles. The average molecular weight is 619 g/mol. The average Bonchev–Trinajstić information content (AvgIpc) is 2.90. The number of sulfonamides is 1. The van der Waals surface area contributed by atoms with Crippen LogP contribution in [0.2, 0.25) is 10.0 Å². The van der Waals surface area contributed by atoms with E-state index >= 15 is 0 Å². The minimum atomic E-state index is -3.85. The summed E-state index contributed by atoms with van der Waals surface area (Å²) in [6.07, 6.45) is 1.99. The highest BCUT2D eigenvalue weighted by atomic mass is 35.5. The largest absolute Gasteiger partial charge is 0.352 e. The van der Waals surface area contributed by atoms with Crippen LogP contribution in [0.3, 0.4) is 0 Å². The number of halogens is 2. The standard InChI is InChI=1S/C31H37Cl2N3O4S/c1-6-23(4)34-31(38)29(17-24-10-8-7-9-11-24)35(19-25-13-14-26(32)18-27(25)33)30(37)20-36(41(5,39)40)28-15-12-21(2)16-22(28)3/h7-16,18,23,29H,6,17,19-20H2,1-5H3,(H,34,38). The fourth-order valence-corrected chi connectivity index (χ4v) is 5.88. The van der Waals surface area contributed by atoms with Crippen molar-refractivity contribution in [3.05, 3.63) is 99.0 Å². The molecule has 0 saturated heterocycles. The van der Waals surface area contributed by atoms with E-state index < -0.39 is 28.5 Å². The van der Waals surface area contributed by atoms with E-state index in [1.54, 1.807) is 37.3 Å². The van der Waals surface area contributed by atoms with E-state index in [1.807, 2.05) is 57.2 Å². The van der Waals surface area contributed by atoms with E-state index in [4.69, 9.17) is 23.2 Å². The van der Waals surface area contributed by atoms with Crippen LogP contribution in [0.5, 0.6) is 0 Å². The predicted molar refractivity (Wildman–Crippen MR) is 167 cm³/mol. The molecule has 2 unspecified atom stereocenters. The van der Waals surface area contributed by atoms with Crippen molar-refractivity contribution in [1.29, 1.82) is 0 Å². The zero-order chi connectivity index (χ0) is 30.3. The van der Waals surface area contributed by atoms with E-state index in [0.29, 0.717) is 33.3 Å². The monoisotopic (exact) mass is 617 g/mol. The molecule has 2 atom stereocenters. The highest BCUT2D eigenvalue weighted by Crippen LogP contribution is 2.27. The second kappa shape index (κ2) is 14.2. The van der Waals surface area contributed by atoms with Gasteiger partial charge in [0, 0.05) is 29.1 Å². The second-order valence-electron chi connectivity index (χ2n) is 10.3. The minimum absolute atomic E-state index is 0.0231. The topological polar surface area (TPSA) is 86.8 Å². The summed E-state index contributed by atoms with van der Waals surface area (Å²) in [6, 6.07) is 18.6. The van der Waals surface area contributed by atoms with Gasteiger partial charge in [-0.3, -0.25) is 13.9 Å². The highest BCUT2D eigenvalue weighted by Gasteiger charge is 2.34. The summed E-state index contributed by atoms with van der Waals surface area (Å²) in [7, 11) is -3.85. The summed E-state index contributed by atoms with van der Waals surface area (Å²) < 4.78 is 27.1. The summed E-state index contributed by atoms with van der Waals surface area (Å²) in [5.74, 6) is -0.874. The van der Waals surface area contributed by atoms with Crippen molar-refractivity contribution >= 4 is 50.7 Å². The molecule has 1 N–H and O–H groups in total. The molecule has 0 heterocycles. The first-order valence-electron chi connectivity index (χ1n) is 13.4. The van der Waals surface area contributed by atoms with Crippen LogP contribution in [0.4, 0.5) is 5.69 Å². The predicted octanol–water partition coefficient (Wildman–Crippen LogP) is 5.93. The number of carbonyl (C=O) groups excluding carboxylic acids is 2. The summed E-state index contributed by atoms with van der Waals surface area (Å²) in [5.41, 5.74) is 3.52. The van der Waals surface area contributed by atoms with Crippen LogP contribution in [-0.2, 0) is 32.6 Å². The molecule has 0 aliphatic rings. The van der Waals surface area contributed by atoms with E-state index in [2.05, 4.69) is 5.32 Å². The molecule has 3 aromatic rings. The second-order valence-corrected chi connectivity index (χ2v) is 13.1. The fraction of sp³-hybridized carbons (Fsp3) is 0.355. The van der Waals surface area contributed by atoms with Gasteiger partial charge in [0.05, 0.1) is 11.9 Å². The molecular formula is C31H37Cl2N3O4S. The molecule has 220 valence electrons. The Hall–Kier alpha value is -3.07. The van der Waals surface area contributed by atoms with E-state index in [0.717, 1.165) is 21.7 Å². The van der Waals surface area contributed by atoms with Gasteiger partial charge in [0.25, 0.3) is 0 Å². The fourth-order valence-electron chi connectivity index (χ4n) is 4.51. The molecule has 0 aromatic heterocycles. The molecule has 0 aliphatic heterocycles. The number of nitrogens with one attached hydrogen (secondary N) is 1. The molecule has 10 heteroatoms. The molecule has 0 radical (unpaired) electrons. The lowest BCUT2D eigenvalue weighted by Crippen LogP contribution is -2.54. The van der Waals surface area contributed by atoms with Crippen molar-refractivity contribution in [2.24, 2.45) is 0 Å². The van der Waals surface area contributed by atoms with Gasteiger partial charge < -0.3 is 10.2 Å². The Balaban J connectivity index is 2.11. The van der Waals surface area contributed by atoms with Crippen LogP contribution < -0.4 is 9.62 Å². The number of carbonyl (C=O) groups is 2. The number of anilines is 1. The van der Waals surface area contributed by atoms with Crippen molar-refractivity contribution in [2.75, 3.05) is 17.1 Å². The number of nitrogens with zero attached hydrogens (tertiary/aromatic N) is 2. The van der Waals surface area contributed by atoms with Gasteiger partial charge >= 0.3 is 0 Å². The van der Waals surface area contributed by atoms with Crippen LogP contribution in [0.15, 0.2) is 66.7 Å². The van der Waals surface area contributed by atoms with Crippen LogP contribution in [0.25, 0.3) is 0 Å². The molecule has 0 aliphatic carbocycles. The molecule has 0 bridgehead atoms. The molecule has 0 fully saturated rings. The molecule has 3 rings (SSSR count). The van der Waals surface area contributed by atoms with Crippen LogP contribution in [0, 0.1) is 13.8 Å². The Bertz CT molecular complexity index is 1480. The molecule has 41 heavy (non-hydrogen) atoms. The quantitative estimate of drug-likeness (QED) is 0.273. The SMILES string of the molecule is CCC(C)NC(=O)C(Cc1ccccc1)N(Cc1ccc(Cl)cc1Cl)C(=O)CN(c1ccc(C)cc1C)S(C)(=O)=O. The van der Waals surface area contributed by atoms with E-state index in [-0.39, 0.29) is 24.9 Å². The summed E-state index contributed by atoms with van der Waals surface area (Å²) in [5, 5.41) is 3.78. The van der Waals surface area contributed by atoms with Gasteiger partial charge in [-0.2, -0.15) is 0 Å². The normalized spacial score (nSPS) is 12.9. The van der Waals surface area contributed by atoms with Crippen LogP contribution in [-0.4, -0.2) is 50.0 Å². The summed E-state index contributed by atoms with van der Waals surface area (Å²) >= 11 is 12.6. The lowest BCUT2D eigenvalue weighted by molar-refractivity contribution is -0.140. The molecular weight excluding hydrogens is 581 g/mol. The number of hydrogen-bond donors (Lipinski definition) is 1. The van der Waals surface area contributed by atoms with E-state index in [9.17, 15) is 18.0 Å². The van der Waals surface area contributed by atoms with Gasteiger partial charge in [-0.15, -0.1) is 0 Å². The molecule has 3 aromatic carbocycles. The lowest BCUT2D eigenvalue weighted by atomic mass is 10.0. The van der Waals surface area contributed by atoms with Crippen molar-refractivity contribution in [2.45, 2.75) is 59.2 Å². The first kappa shape index (κ1) is 32.4.